The molecule has 184 valence electrons. The molecule has 1 saturated heterocycles. The van der Waals surface area contributed by atoms with Gasteiger partial charge in [-0.1, -0.05) is 18.2 Å². The highest BCUT2D eigenvalue weighted by atomic mass is 32.1. The van der Waals surface area contributed by atoms with Gasteiger partial charge in [-0.3, -0.25) is 14.5 Å². The number of likely N-dealkylation sites (N-methyl/N-ethyl adjacent to an activating group) is 1. The lowest BCUT2D eigenvalue weighted by atomic mass is 10.1. The molecule has 0 spiro atoms. The van der Waals surface area contributed by atoms with Crippen LogP contribution in [-0.2, 0) is 11.3 Å². The molecule has 0 radical (unpaired) electrons. The van der Waals surface area contributed by atoms with Crippen LogP contribution < -0.4 is 15.4 Å². The summed E-state index contributed by atoms with van der Waals surface area (Å²) in [5.41, 5.74) is 2.14. The van der Waals surface area contributed by atoms with Gasteiger partial charge in [-0.05, 0) is 73.3 Å². The fourth-order valence-electron chi connectivity index (χ4n) is 3.95. The number of thiophene rings is 1. The summed E-state index contributed by atoms with van der Waals surface area (Å²) in [6, 6.07) is 18.8. The van der Waals surface area contributed by atoms with Crippen molar-refractivity contribution < 1.29 is 19.1 Å². The third kappa shape index (κ3) is 7.39. The normalized spacial score (nSPS) is 14.0. The Bertz CT molecular complexity index is 1100. The van der Waals surface area contributed by atoms with E-state index >= 15 is 0 Å². The van der Waals surface area contributed by atoms with Crippen LogP contribution in [0.5, 0.6) is 5.75 Å². The van der Waals surface area contributed by atoms with Crippen LogP contribution in [0.4, 0.5) is 5.69 Å². The van der Waals surface area contributed by atoms with Gasteiger partial charge in [0.15, 0.2) is 0 Å². The third-order valence-corrected chi connectivity index (χ3v) is 6.90. The van der Waals surface area contributed by atoms with Gasteiger partial charge >= 0.3 is 0 Å². The lowest BCUT2D eigenvalue weighted by Crippen LogP contribution is -2.38. The number of carbonyl (C=O) groups excluding carboxylic acids is 2. The Morgan fingerprint density at radius 2 is 1.86 bits per heavy atom. The van der Waals surface area contributed by atoms with E-state index in [-0.39, 0.29) is 11.8 Å². The molecule has 7 nitrogen and oxygen atoms in total. The monoisotopic (exact) mass is 493 g/mol. The van der Waals surface area contributed by atoms with Crippen LogP contribution in [0, 0.1) is 0 Å². The SMILES string of the molecule is CN(CCOc1cccc(CNC(=O)c2ccc(NC(=O)c3cccs3)cc2)c1)C1CCOCC1. The molecule has 8 heteroatoms. The number of rotatable bonds is 10. The Balaban J connectivity index is 1.22. The first-order valence-corrected chi connectivity index (χ1v) is 12.7. The van der Waals surface area contributed by atoms with Crippen LogP contribution in [0.15, 0.2) is 66.0 Å². The van der Waals surface area contributed by atoms with Gasteiger partial charge in [0.25, 0.3) is 11.8 Å². The molecule has 0 bridgehead atoms. The molecule has 2 amide bonds. The Labute approximate surface area is 210 Å². The average Bonchev–Trinajstić information content (AvgIpc) is 3.44. The first-order valence-electron chi connectivity index (χ1n) is 11.8. The largest absolute Gasteiger partial charge is 0.492 e. The molecular formula is C27H31N3O4S. The van der Waals surface area contributed by atoms with Crippen molar-refractivity contribution in [3.05, 3.63) is 82.0 Å². The second kappa shape index (κ2) is 12.5. The lowest BCUT2D eigenvalue weighted by Gasteiger charge is -2.31. The number of nitrogens with one attached hydrogen (secondary N) is 2. The van der Waals surface area contributed by atoms with E-state index in [4.69, 9.17) is 9.47 Å². The Morgan fingerprint density at radius 3 is 2.60 bits per heavy atom. The molecule has 2 N–H and O–H groups in total. The molecule has 0 atom stereocenters. The molecule has 1 aliphatic rings. The maximum Gasteiger partial charge on any atom is 0.265 e. The Morgan fingerprint density at radius 1 is 1.06 bits per heavy atom. The van der Waals surface area contributed by atoms with Crippen molar-refractivity contribution in [3.8, 4) is 5.75 Å². The summed E-state index contributed by atoms with van der Waals surface area (Å²) in [4.78, 5) is 27.7. The van der Waals surface area contributed by atoms with Gasteiger partial charge in [-0.25, -0.2) is 0 Å². The van der Waals surface area contributed by atoms with Gasteiger partial charge in [0.05, 0.1) is 4.88 Å². The van der Waals surface area contributed by atoms with Gasteiger partial charge in [-0.2, -0.15) is 0 Å². The number of hydrogen-bond donors (Lipinski definition) is 2. The molecule has 3 aromatic rings. The summed E-state index contributed by atoms with van der Waals surface area (Å²) in [6.45, 7) is 3.53. The fourth-order valence-corrected chi connectivity index (χ4v) is 4.57. The molecular weight excluding hydrogens is 462 g/mol. The van der Waals surface area contributed by atoms with Gasteiger partial charge < -0.3 is 20.1 Å². The van der Waals surface area contributed by atoms with E-state index in [1.807, 2.05) is 35.7 Å². The maximum atomic E-state index is 12.6. The van der Waals surface area contributed by atoms with Crippen molar-refractivity contribution in [2.75, 3.05) is 38.7 Å². The van der Waals surface area contributed by atoms with Crippen molar-refractivity contribution in [2.45, 2.75) is 25.4 Å². The minimum absolute atomic E-state index is 0.158. The zero-order chi connectivity index (χ0) is 24.5. The van der Waals surface area contributed by atoms with E-state index in [0.29, 0.717) is 35.3 Å². The number of hydrogen-bond acceptors (Lipinski definition) is 6. The quantitative estimate of drug-likeness (QED) is 0.437. The molecule has 1 aliphatic heterocycles. The smallest absolute Gasteiger partial charge is 0.265 e. The molecule has 0 unspecified atom stereocenters. The predicted octanol–water partition coefficient (Wildman–Crippen LogP) is 4.42. The molecule has 35 heavy (non-hydrogen) atoms. The summed E-state index contributed by atoms with van der Waals surface area (Å²) >= 11 is 1.38. The van der Waals surface area contributed by atoms with E-state index < -0.39 is 0 Å². The van der Waals surface area contributed by atoms with Gasteiger partial charge in [0, 0.05) is 43.6 Å². The zero-order valence-electron chi connectivity index (χ0n) is 19.9. The molecule has 2 heterocycles. The molecule has 0 saturated carbocycles. The molecule has 0 aliphatic carbocycles. The Kier molecular flexibility index (Phi) is 8.89. The van der Waals surface area contributed by atoms with E-state index in [1.54, 1.807) is 30.3 Å². The zero-order valence-corrected chi connectivity index (χ0v) is 20.7. The first kappa shape index (κ1) is 24.9. The summed E-state index contributed by atoms with van der Waals surface area (Å²) < 4.78 is 11.4. The van der Waals surface area contributed by atoms with Crippen molar-refractivity contribution in [1.82, 2.24) is 10.2 Å². The van der Waals surface area contributed by atoms with Gasteiger partial charge in [0.2, 0.25) is 0 Å². The number of carbonyl (C=O) groups is 2. The first-order chi connectivity index (χ1) is 17.1. The average molecular weight is 494 g/mol. The lowest BCUT2D eigenvalue weighted by molar-refractivity contribution is 0.0392. The molecule has 1 aromatic heterocycles. The molecule has 4 rings (SSSR count). The van der Waals surface area contributed by atoms with Crippen molar-refractivity contribution in [1.29, 1.82) is 0 Å². The van der Waals surface area contributed by atoms with Crippen molar-refractivity contribution >= 4 is 28.8 Å². The Hall–Kier alpha value is -3.20. The van der Waals surface area contributed by atoms with E-state index in [9.17, 15) is 9.59 Å². The number of benzene rings is 2. The van der Waals surface area contributed by atoms with Gasteiger partial charge in [-0.15, -0.1) is 11.3 Å². The highest BCUT2D eigenvalue weighted by Crippen LogP contribution is 2.17. The van der Waals surface area contributed by atoms with Crippen LogP contribution in [0.1, 0.15) is 38.4 Å². The number of amides is 2. The van der Waals surface area contributed by atoms with Crippen LogP contribution in [-0.4, -0.2) is 56.2 Å². The number of anilines is 1. The third-order valence-electron chi connectivity index (χ3n) is 6.03. The predicted molar refractivity (Wildman–Crippen MR) is 138 cm³/mol. The number of nitrogens with zero attached hydrogens (tertiary/aromatic N) is 1. The van der Waals surface area contributed by atoms with E-state index in [2.05, 4.69) is 22.6 Å². The molecule has 2 aromatic carbocycles. The minimum atomic E-state index is -0.175. The van der Waals surface area contributed by atoms with Crippen LogP contribution in [0.25, 0.3) is 0 Å². The van der Waals surface area contributed by atoms with Crippen LogP contribution >= 0.6 is 11.3 Å². The second-order valence-electron chi connectivity index (χ2n) is 8.51. The van der Waals surface area contributed by atoms with Crippen molar-refractivity contribution in [2.24, 2.45) is 0 Å². The summed E-state index contributed by atoms with van der Waals surface area (Å²) in [7, 11) is 2.13. The highest BCUT2D eigenvalue weighted by Gasteiger charge is 2.18. The van der Waals surface area contributed by atoms with Gasteiger partial charge in [0.1, 0.15) is 12.4 Å². The topological polar surface area (TPSA) is 79.9 Å². The van der Waals surface area contributed by atoms with E-state index in [1.165, 1.54) is 11.3 Å². The van der Waals surface area contributed by atoms with Crippen LogP contribution in [0.2, 0.25) is 0 Å². The second-order valence-corrected chi connectivity index (χ2v) is 9.46. The van der Waals surface area contributed by atoms with Crippen LogP contribution in [0.3, 0.4) is 0 Å². The summed E-state index contributed by atoms with van der Waals surface area (Å²) in [6.07, 6.45) is 2.14. The summed E-state index contributed by atoms with van der Waals surface area (Å²) in [5, 5.41) is 7.63. The fraction of sp³-hybridized carbons (Fsp3) is 0.333. The van der Waals surface area contributed by atoms with Crippen molar-refractivity contribution in [3.63, 3.8) is 0 Å². The minimum Gasteiger partial charge on any atom is -0.492 e. The maximum absolute atomic E-state index is 12.6. The van der Waals surface area contributed by atoms with E-state index in [0.717, 1.165) is 43.9 Å². The summed E-state index contributed by atoms with van der Waals surface area (Å²) in [5.74, 6) is 0.461. The highest BCUT2D eigenvalue weighted by molar-refractivity contribution is 7.12. The number of ether oxygens (including phenoxy) is 2. The standard InChI is InChI=1S/C27H31N3O4S/c1-30(23-11-14-33-15-12-23)13-16-34-24-5-2-4-20(18-24)19-28-26(31)21-7-9-22(10-8-21)29-27(32)25-6-3-17-35-25/h2-10,17-18,23H,11-16,19H2,1H3,(H,28,31)(H,29,32). The molecule has 1 fully saturated rings.